The zero-order valence-electron chi connectivity index (χ0n) is 12.4. The van der Waals surface area contributed by atoms with Crippen molar-refractivity contribution < 1.29 is 4.79 Å². The van der Waals surface area contributed by atoms with E-state index in [2.05, 4.69) is 37.3 Å². The predicted molar refractivity (Wildman–Crippen MR) is 84.1 cm³/mol. The van der Waals surface area contributed by atoms with Crippen LogP contribution in [0.25, 0.3) is 0 Å². The van der Waals surface area contributed by atoms with Crippen molar-refractivity contribution in [1.29, 1.82) is 0 Å². The Morgan fingerprint density at radius 2 is 2.00 bits per heavy atom. The molecule has 0 radical (unpaired) electrons. The van der Waals surface area contributed by atoms with E-state index < -0.39 is 0 Å². The maximum atomic E-state index is 12.3. The highest BCUT2D eigenvalue weighted by molar-refractivity contribution is 6.25. The molecule has 0 spiro atoms. The van der Waals surface area contributed by atoms with Gasteiger partial charge < -0.3 is 5.73 Å². The zero-order chi connectivity index (χ0) is 14.9. The molecule has 1 aromatic rings. The number of rotatable bonds is 3. The molecule has 0 aliphatic heterocycles. The highest BCUT2D eigenvalue weighted by Crippen LogP contribution is 2.75. The fourth-order valence-corrected chi connectivity index (χ4v) is 6.46. The first-order chi connectivity index (χ1) is 9.97. The fraction of sp³-hybridized carbons (Fsp3) is 0.611. The molecule has 1 aromatic carbocycles. The van der Waals surface area contributed by atoms with Gasteiger partial charge in [0.05, 0.1) is 10.3 Å². The first kappa shape index (κ1) is 13.6. The van der Waals surface area contributed by atoms with E-state index in [0.29, 0.717) is 5.92 Å². The Labute approximate surface area is 131 Å². The summed E-state index contributed by atoms with van der Waals surface area (Å²) in [5.41, 5.74) is 7.00. The van der Waals surface area contributed by atoms with Crippen LogP contribution in [0.5, 0.6) is 0 Å². The summed E-state index contributed by atoms with van der Waals surface area (Å²) < 4.78 is 0. The molecule has 0 saturated heterocycles. The molecular formula is C18H22ClNO. The Kier molecular flexibility index (Phi) is 2.62. The van der Waals surface area contributed by atoms with Crippen LogP contribution in [0.3, 0.4) is 0 Å². The number of hydrogen-bond donors (Lipinski definition) is 1. The van der Waals surface area contributed by atoms with Crippen molar-refractivity contribution in [3.63, 3.8) is 0 Å². The van der Waals surface area contributed by atoms with E-state index in [9.17, 15) is 4.79 Å². The Morgan fingerprint density at radius 1 is 1.29 bits per heavy atom. The van der Waals surface area contributed by atoms with Crippen LogP contribution in [0.1, 0.15) is 44.6 Å². The van der Waals surface area contributed by atoms with Gasteiger partial charge in [0.25, 0.3) is 0 Å². The Hall–Kier alpha value is -1.02. The van der Waals surface area contributed by atoms with Crippen molar-refractivity contribution in [2.45, 2.75) is 49.3 Å². The number of halogens is 1. The molecule has 5 atom stereocenters. The second-order valence-corrected chi connectivity index (χ2v) is 8.19. The molecule has 2 N–H and O–H groups in total. The lowest BCUT2D eigenvalue weighted by molar-refractivity contribution is -0.129. The second kappa shape index (κ2) is 4.04. The second-order valence-electron chi connectivity index (χ2n) is 7.49. The van der Waals surface area contributed by atoms with Gasteiger partial charge in [0.2, 0.25) is 5.91 Å². The molecule has 0 heterocycles. The van der Waals surface area contributed by atoms with Gasteiger partial charge in [-0.15, -0.1) is 11.6 Å². The standard InChI is InChI=1S/C18H22ClNO/c1-2-18(19)13-8-16(12-6-4-3-5-7-12)10-14(18)17(9-13,11-16)15(20)21/h3-7,13-14H,2,8-11H2,1H3,(H2,20,21). The van der Waals surface area contributed by atoms with Crippen LogP contribution < -0.4 is 5.73 Å². The summed E-state index contributed by atoms with van der Waals surface area (Å²) in [6, 6.07) is 10.7. The minimum atomic E-state index is -0.365. The molecule has 5 rings (SSSR count). The Bertz CT molecular complexity index is 602. The summed E-state index contributed by atoms with van der Waals surface area (Å²) in [6.07, 6.45) is 4.87. The fourth-order valence-electron chi connectivity index (χ4n) is 6.02. The highest BCUT2D eigenvalue weighted by Gasteiger charge is 2.74. The number of alkyl halides is 1. The number of primary amides is 1. The molecule has 1 amide bonds. The summed E-state index contributed by atoms with van der Waals surface area (Å²) in [5.74, 6) is 0.545. The third-order valence-electron chi connectivity index (χ3n) is 6.84. The van der Waals surface area contributed by atoms with E-state index >= 15 is 0 Å². The molecule has 5 unspecified atom stereocenters. The smallest absolute Gasteiger partial charge is 0.224 e. The molecule has 3 heteroatoms. The molecular weight excluding hydrogens is 282 g/mol. The van der Waals surface area contributed by atoms with Crippen molar-refractivity contribution in [1.82, 2.24) is 0 Å². The van der Waals surface area contributed by atoms with Crippen LogP contribution in [-0.4, -0.2) is 10.8 Å². The predicted octanol–water partition coefficient (Wildman–Crippen LogP) is 3.62. The van der Waals surface area contributed by atoms with Gasteiger partial charge in [0.1, 0.15) is 0 Å². The van der Waals surface area contributed by atoms with Gasteiger partial charge in [-0.25, -0.2) is 0 Å². The van der Waals surface area contributed by atoms with E-state index in [1.165, 1.54) is 5.56 Å². The molecule has 4 aliphatic rings. The number of carbonyl (C=O) groups is 1. The van der Waals surface area contributed by atoms with E-state index in [0.717, 1.165) is 32.1 Å². The van der Waals surface area contributed by atoms with Crippen molar-refractivity contribution in [3.8, 4) is 0 Å². The highest BCUT2D eigenvalue weighted by atomic mass is 35.5. The number of carbonyl (C=O) groups excluding carboxylic acids is 1. The van der Waals surface area contributed by atoms with Crippen molar-refractivity contribution in [2.75, 3.05) is 0 Å². The van der Waals surface area contributed by atoms with E-state index in [1.54, 1.807) is 0 Å². The monoisotopic (exact) mass is 303 g/mol. The summed E-state index contributed by atoms with van der Waals surface area (Å²) >= 11 is 7.02. The van der Waals surface area contributed by atoms with Crippen LogP contribution in [-0.2, 0) is 10.2 Å². The number of amides is 1. The maximum Gasteiger partial charge on any atom is 0.224 e. The van der Waals surface area contributed by atoms with Crippen LogP contribution in [0.15, 0.2) is 30.3 Å². The van der Waals surface area contributed by atoms with Gasteiger partial charge in [-0.3, -0.25) is 4.79 Å². The summed E-state index contributed by atoms with van der Waals surface area (Å²) in [7, 11) is 0. The average Bonchev–Trinajstić information content (AvgIpc) is 2.85. The molecule has 4 saturated carbocycles. The van der Waals surface area contributed by atoms with Gasteiger partial charge in [0.15, 0.2) is 0 Å². The van der Waals surface area contributed by atoms with Crippen molar-refractivity contribution in [2.24, 2.45) is 23.0 Å². The Balaban J connectivity index is 1.84. The minimum absolute atomic E-state index is 0.119. The van der Waals surface area contributed by atoms with Gasteiger partial charge in [-0.1, -0.05) is 37.3 Å². The summed E-state index contributed by atoms with van der Waals surface area (Å²) in [6.45, 7) is 2.16. The van der Waals surface area contributed by atoms with Crippen molar-refractivity contribution in [3.05, 3.63) is 35.9 Å². The van der Waals surface area contributed by atoms with Crippen molar-refractivity contribution >= 4 is 17.5 Å². The minimum Gasteiger partial charge on any atom is -0.369 e. The van der Waals surface area contributed by atoms with Crippen LogP contribution in [0, 0.1) is 17.3 Å². The number of hydrogen-bond acceptors (Lipinski definition) is 1. The van der Waals surface area contributed by atoms with Crippen LogP contribution >= 0.6 is 11.6 Å². The SMILES string of the molecule is CCC1(Cl)C2CC3(c4ccccc4)CC1C(C(N)=O)(C2)C3. The van der Waals surface area contributed by atoms with E-state index in [-0.39, 0.29) is 27.5 Å². The normalized spacial score (nSPS) is 47.0. The Morgan fingerprint density at radius 3 is 2.62 bits per heavy atom. The molecule has 2 nitrogen and oxygen atoms in total. The van der Waals surface area contributed by atoms with Gasteiger partial charge >= 0.3 is 0 Å². The first-order valence-electron chi connectivity index (χ1n) is 8.01. The summed E-state index contributed by atoms with van der Waals surface area (Å²) in [5, 5.41) is 0. The maximum absolute atomic E-state index is 12.3. The van der Waals surface area contributed by atoms with Gasteiger partial charge in [-0.05, 0) is 54.9 Å². The molecule has 4 fully saturated rings. The van der Waals surface area contributed by atoms with Gasteiger partial charge in [0, 0.05) is 0 Å². The quantitative estimate of drug-likeness (QED) is 0.852. The van der Waals surface area contributed by atoms with Gasteiger partial charge in [-0.2, -0.15) is 0 Å². The topological polar surface area (TPSA) is 43.1 Å². The number of benzene rings is 1. The lowest BCUT2D eigenvalue weighted by Crippen LogP contribution is -2.43. The lowest BCUT2D eigenvalue weighted by Gasteiger charge is -2.46. The molecule has 4 bridgehead atoms. The molecule has 0 aromatic heterocycles. The third-order valence-corrected chi connectivity index (χ3v) is 7.68. The average molecular weight is 304 g/mol. The summed E-state index contributed by atoms with van der Waals surface area (Å²) in [4.78, 5) is 12.1. The third kappa shape index (κ3) is 1.47. The van der Waals surface area contributed by atoms with Crippen LogP contribution in [0.4, 0.5) is 0 Å². The van der Waals surface area contributed by atoms with Crippen LogP contribution in [0.2, 0.25) is 0 Å². The van der Waals surface area contributed by atoms with E-state index in [1.807, 2.05) is 0 Å². The molecule has 21 heavy (non-hydrogen) atoms. The molecule has 4 aliphatic carbocycles. The van der Waals surface area contributed by atoms with E-state index in [4.69, 9.17) is 17.3 Å². The largest absolute Gasteiger partial charge is 0.369 e. The number of nitrogens with two attached hydrogens (primary N) is 1. The molecule has 112 valence electrons. The zero-order valence-corrected chi connectivity index (χ0v) is 13.2. The lowest BCUT2D eigenvalue weighted by atomic mass is 9.61. The first-order valence-corrected chi connectivity index (χ1v) is 8.39.